The molecule has 1 N–H and O–H groups in total. The van der Waals surface area contributed by atoms with E-state index in [0.29, 0.717) is 34.4 Å². The Morgan fingerprint density at radius 3 is 2.93 bits per heavy atom. The number of hydrogen-bond donors (Lipinski definition) is 1. The van der Waals surface area contributed by atoms with Crippen molar-refractivity contribution < 1.29 is 9.59 Å². The highest BCUT2D eigenvalue weighted by atomic mass is 35.5. The summed E-state index contributed by atoms with van der Waals surface area (Å²) in [7, 11) is 0. The predicted octanol–water partition coefficient (Wildman–Crippen LogP) is 4.24. The molecule has 3 heterocycles. The van der Waals surface area contributed by atoms with Crippen LogP contribution in [0.1, 0.15) is 23.2 Å². The van der Waals surface area contributed by atoms with Gasteiger partial charge in [-0.05, 0) is 36.8 Å². The molecule has 2 amide bonds. The van der Waals surface area contributed by atoms with Crippen molar-refractivity contribution in [2.45, 2.75) is 12.8 Å². The van der Waals surface area contributed by atoms with Crippen LogP contribution in [0.15, 0.2) is 48.1 Å². The Hall–Kier alpha value is -2.77. The topological polar surface area (TPSA) is 75.2 Å². The molecule has 1 fully saturated rings. The van der Waals surface area contributed by atoms with Gasteiger partial charge in [0.05, 0.1) is 16.4 Å². The standard InChI is InChI=1S/C19H15ClN4O2S/c20-14-6-5-12(9-16(14)24-8-2-4-17(24)25)18(26)23-19-22-15(11-27-19)13-3-1-7-21-10-13/h1,3,5-7,9-11H,2,4,8H2,(H,22,23,26). The molecule has 2 aromatic heterocycles. The SMILES string of the molecule is O=C(Nc1nc(-c2cccnc2)cs1)c1ccc(Cl)c(N2CCCC2=O)c1. The largest absolute Gasteiger partial charge is 0.311 e. The highest BCUT2D eigenvalue weighted by Crippen LogP contribution is 2.31. The Morgan fingerprint density at radius 1 is 1.30 bits per heavy atom. The number of anilines is 2. The minimum atomic E-state index is -0.299. The van der Waals surface area contributed by atoms with Gasteiger partial charge in [0, 0.05) is 41.9 Å². The van der Waals surface area contributed by atoms with Crippen LogP contribution in [0.5, 0.6) is 0 Å². The average Bonchev–Trinajstić information content (AvgIpc) is 3.32. The minimum absolute atomic E-state index is 0.0236. The van der Waals surface area contributed by atoms with Gasteiger partial charge in [-0.25, -0.2) is 4.98 Å². The number of benzene rings is 1. The van der Waals surface area contributed by atoms with Crippen molar-refractivity contribution in [1.29, 1.82) is 0 Å². The fourth-order valence-corrected chi connectivity index (χ4v) is 3.85. The lowest BCUT2D eigenvalue weighted by atomic mass is 10.1. The summed E-state index contributed by atoms with van der Waals surface area (Å²) >= 11 is 7.57. The van der Waals surface area contributed by atoms with E-state index in [1.165, 1.54) is 11.3 Å². The molecular formula is C19H15ClN4O2S. The van der Waals surface area contributed by atoms with E-state index in [1.807, 2.05) is 17.5 Å². The molecular weight excluding hydrogens is 384 g/mol. The van der Waals surface area contributed by atoms with Crippen LogP contribution >= 0.6 is 22.9 Å². The highest BCUT2D eigenvalue weighted by Gasteiger charge is 2.24. The number of pyridine rings is 1. The van der Waals surface area contributed by atoms with E-state index in [-0.39, 0.29) is 11.8 Å². The number of halogens is 1. The smallest absolute Gasteiger partial charge is 0.257 e. The zero-order valence-corrected chi connectivity index (χ0v) is 15.8. The summed E-state index contributed by atoms with van der Waals surface area (Å²) in [5, 5.41) is 5.61. The Morgan fingerprint density at radius 2 is 2.19 bits per heavy atom. The van der Waals surface area contributed by atoms with Gasteiger partial charge in [-0.15, -0.1) is 11.3 Å². The molecule has 0 bridgehead atoms. The number of rotatable bonds is 4. The second kappa shape index (κ2) is 7.46. The summed E-state index contributed by atoms with van der Waals surface area (Å²) in [6.07, 6.45) is 4.71. The highest BCUT2D eigenvalue weighted by molar-refractivity contribution is 7.14. The molecule has 1 saturated heterocycles. The lowest BCUT2D eigenvalue weighted by molar-refractivity contribution is -0.117. The van der Waals surface area contributed by atoms with Crippen molar-refractivity contribution in [1.82, 2.24) is 9.97 Å². The molecule has 136 valence electrons. The first kappa shape index (κ1) is 17.6. The second-order valence-corrected chi connectivity index (χ2v) is 7.31. The normalized spacial score (nSPS) is 13.8. The van der Waals surface area contributed by atoms with Crippen molar-refractivity contribution in [2.24, 2.45) is 0 Å². The first-order chi connectivity index (χ1) is 13.1. The van der Waals surface area contributed by atoms with Crippen LogP contribution in [-0.4, -0.2) is 28.3 Å². The van der Waals surface area contributed by atoms with Gasteiger partial charge in [-0.1, -0.05) is 11.6 Å². The van der Waals surface area contributed by atoms with Crippen molar-refractivity contribution >= 4 is 45.6 Å². The van der Waals surface area contributed by atoms with Crippen molar-refractivity contribution in [2.75, 3.05) is 16.8 Å². The maximum absolute atomic E-state index is 12.6. The van der Waals surface area contributed by atoms with Crippen LogP contribution in [0.3, 0.4) is 0 Å². The lowest BCUT2D eigenvalue weighted by Gasteiger charge is -2.18. The molecule has 8 heteroatoms. The summed E-state index contributed by atoms with van der Waals surface area (Å²) in [6, 6.07) is 8.67. The Balaban J connectivity index is 1.54. The second-order valence-electron chi connectivity index (χ2n) is 6.05. The Labute approximate surface area is 164 Å². The molecule has 0 radical (unpaired) electrons. The monoisotopic (exact) mass is 398 g/mol. The van der Waals surface area contributed by atoms with Crippen LogP contribution in [-0.2, 0) is 4.79 Å². The van der Waals surface area contributed by atoms with E-state index in [2.05, 4.69) is 15.3 Å². The Bertz CT molecular complexity index is 1010. The summed E-state index contributed by atoms with van der Waals surface area (Å²) in [5.41, 5.74) is 2.63. The molecule has 0 aliphatic carbocycles. The molecule has 0 spiro atoms. The van der Waals surface area contributed by atoms with Gasteiger partial charge < -0.3 is 4.90 Å². The number of thiazole rings is 1. The van der Waals surface area contributed by atoms with Crippen LogP contribution < -0.4 is 10.2 Å². The number of aromatic nitrogens is 2. The molecule has 27 heavy (non-hydrogen) atoms. The first-order valence-electron chi connectivity index (χ1n) is 8.39. The molecule has 0 saturated carbocycles. The molecule has 4 rings (SSSR count). The molecule has 3 aromatic rings. The summed E-state index contributed by atoms with van der Waals surface area (Å²) in [5.74, 6) is -0.276. The average molecular weight is 399 g/mol. The van der Waals surface area contributed by atoms with Gasteiger partial charge in [-0.2, -0.15) is 0 Å². The number of carbonyl (C=O) groups is 2. The number of nitrogens with one attached hydrogen (secondary N) is 1. The fourth-order valence-electron chi connectivity index (χ4n) is 2.91. The first-order valence-corrected chi connectivity index (χ1v) is 9.65. The third kappa shape index (κ3) is 3.70. The van der Waals surface area contributed by atoms with Crippen molar-refractivity contribution in [3.05, 3.63) is 58.7 Å². The van der Waals surface area contributed by atoms with Crippen molar-refractivity contribution in [3.63, 3.8) is 0 Å². The fraction of sp³-hybridized carbons (Fsp3) is 0.158. The summed E-state index contributed by atoms with van der Waals surface area (Å²) < 4.78 is 0. The quantitative estimate of drug-likeness (QED) is 0.713. The van der Waals surface area contributed by atoms with E-state index in [4.69, 9.17) is 11.6 Å². The van der Waals surface area contributed by atoms with E-state index >= 15 is 0 Å². The number of carbonyl (C=O) groups excluding carboxylic acids is 2. The molecule has 0 atom stereocenters. The Kier molecular flexibility index (Phi) is 4.87. The number of amides is 2. The van der Waals surface area contributed by atoms with Crippen LogP contribution in [0, 0.1) is 0 Å². The maximum atomic E-state index is 12.6. The third-order valence-electron chi connectivity index (χ3n) is 4.25. The van der Waals surface area contributed by atoms with E-state index in [9.17, 15) is 9.59 Å². The third-order valence-corrected chi connectivity index (χ3v) is 5.33. The van der Waals surface area contributed by atoms with E-state index < -0.39 is 0 Å². The molecule has 6 nitrogen and oxygen atoms in total. The van der Waals surface area contributed by atoms with Crippen molar-refractivity contribution in [3.8, 4) is 11.3 Å². The zero-order chi connectivity index (χ0) is 18.8. The van der Waals surface area contributed by atoms with E-state index in [0.717, 1.165) is 17.7 Å². The predicted molar refractivity (Wildman–Crippen MR) is 106 cm³/mol. The number of hydrogen-bond acceptors (Lipinski definition) is 5. The van der Waals surface area contributed by atoms with Crippen LogP contribution in [0.4, 0.5) is 10.8 Å². The summed E-state index contributed by atoms with van der Waals surface area (Å²) in [4.78, 5) is 34.7. The molecule has 1 aliphatic rings. The van der Waals surface area contributed by atoms with Gasteiger partial charge in [0.25, 0.3) is 5.91 Å². The molecule has 1 aliphatic heterocycles. The van der Waals surface area contributed by atoms with Crippen LogP contribution in [0.25, 0.3) is 11.3 Å². The van der Waals surface area contributed by atoms with Gasteiger partial charge in [-0.3, -0.25) is 19.9 Å². The minimum Gasteiger partial charge on any atom is -0.311 e. The van der Waals surface area contributed by atoms with Gasteiger partial charge in [0.15, 0.2) is 5.13 Å². The molecule has 1 aromatic carbocycles. The maximum Gasteiger partial charge on any atom is 0.257 e. The van der Waals surface area contributed by atoms with Gasteiger partial charge in [0.2, 0.25) is 5.91 Å². The lowest BCUT2D eigenvalue weighted by Crippen LogP contribution is -2.24. The number of nitrogens with zero attached hydrogens (tertiary/aromatic N) is 3. The van der Waals surface area contributed by atoms with Crippen LogP contribution in [0.2, 0.25) is 5.02 Å². The zero-order valence-electron chi connectivity index (χ0n) is 14.2. The van der Waals surface area contributed by atoms with Gasteiger partial charge in [0.1, 0.15) is 0 Å². The molecule has 0 unspecified atom stereocenters. The van der Waals surface area contributed by atoms with E-state index in [1.54, 1.807) is 35.5 Å². The van der Waals surface area contributed by atoms with Gasteiger partial charge >= 0.3 is 0 Å². The summed E-state index contributed by atoms with van der Waals surface area (Å²) in [6.45, 7) is 0.616.